The molecule has 0 radical (unpaired) electrons. The van der Waals surface area contributed by atoms with E-state index in [1.54, 1.807) is 12.1 Å². The van der Waals surface area contributed by atoms with Crippen molar-refractivity contribution in [2.45, 2.75) is 31.8 Å². The molecule has 0 unspecified atom stereocenters. The van der Waals surface area contributed by atoms with E-state index in [9.17, 15) is 13.2 Å². The summed E-state index contributed by atoms with van der Waals surface area (Å²) >= 11 is 0. The van der Waals surface area contributed by atoms with Crippen molar-refractivity contribution in [3.05, 3.63) is 29.8 Å². The zero-order chi connectivity index (χ0) is 15.8. The summed E-state index contributed by atoms with van der Waals surface area (Å²) in [5.74, 6) is 0.167. The second kappa shape index (κ2) is 8.80. The summed E-state index contributed by atoms with van der Waals surface area (Å²) in [7, 11) is -3.85. The molecule has 1 rings (SSSR count). The molecule has 0 aliphatic rings. The van der Waals surface area contributed by atoms with Crippen LogP contribution in [0.25, 0.3) is 0 Å². The Morgan fingerprint density at radius 1 is 1.25 bits per heavy atom. The van der Waals surface area contributed by atoms with Gasteiger partial charge in [-0.2, -0.15) is 8.42 Å². The molecule has 1 aromatic carbocycles. The second-order valence-electron chi connectivity index (χ2n) is 4.30. The van der Waals surface area contributed by atoms with Crippen LogP contribution < -0.4 is 0 Å². The van der Waals surface area contributed by atoms with Crippen LogP contribution in [0.5, 0.6) is 0 Å². The fourth-order valence-corrected chi connectivity index (χ4v) is 1.94. The normalized spacial score (nSPS) is 12.2. The lowest BCUT2D eigenvalue weighted by Crippen LogP contribution is -2.22. The molecule has 20 heavy (non-hydrogen) atoms. The molecule has 2 N–H and O–H groups in total. The zero-order valence-corrected chi connectivity index (χ0v) is 12.6. The van der Waals surface area contributed by atoms with E-state index in [1.807, 2.05) is 6.92 Å². The van der Waals surface area contributed by atoms with Crippen molar-refractivity contribution in [1.82, 2.24) is 0 Å². The molecule has 0 spiro atoms. The van der Waals surface area contributed by atoms with Gasteiger partial charge in [0.1, 0.15) is 11.9 Å². The molecule has 1 aromatic rings. The number of rotatable bonds is 5. The standard InChI is InChI=1S/C10H14O5S.C3H6O/c1-8-2-4-10(5-3-8)16(13,14)15-7-9(12)6-11;1-3(2)4/h2-5,9,11-12H,6-7H2,1H3;1-2H3/t9-;/m1./s1. The minimum absolute atomic E-state index is 0.0308. The number of carbonyl (C=O) groups is 1. The maximum absolute atomic E-state index is 11.5. The van der Waals surface area contributed by atoms with Crippen molar-refractivity contribution in [2.75, 3.05) is 13.2 Å². The van der Waals surface area contributed by atoms with Gasteiger partial charge < -0.3 is 15.0 Å². The molecule has 0 amide bonds. The molecule has 0 aromatic heterocycles. The van der Waals surface area contributed by atoms with Crippen LogP contribution in [0.1, 0.15) is 19.4 Å². The Kier molecular flexibility index (Phi) is 8.24. The minimum Gasteiger partial charge on any atom is -0.394 e. The van der Waals surface area contributed by atoms with E-state index in [1.165, 1.54) is 26.0 Å². The van der Waals surface area contributed by atoms with Gasteiger partial charge in [0.2, 0.25) is 0 Å². The van der Waals surface area contributed by atoms with Crippen molar-refractivity contribution < 1.29 is 27.6 Å². The van der Waals surface area contributed by atoms with Crippen molar-refractivity contribution in [1.29, 1.82) is 0 Å². The molecule has 114 valence electrons. The number of ketones is 1. The second-order valence-corrected chi connectivity index (χ2v) is 5.91. The molecular formula is C13H20O6S. The molecule has 1 atom stereocenters. The van der Waals surface area contributed by atoms with Gasteiger partial charge in [-0.05, 0) is 32.9 Å². The number of hydrogen-bond donors (Lipinski definition) is 2. The maximum Gasteiger partial charge on any atom is 0.297 e. The summed E-state index contributed by atoms with van der Waals surface area (Å²) in [6, 6.07) is 6.16. The van der Waals surface area contributed by atoms with Gasteiger partial charge in [0, 0.05) is 0 Å². The van der Waals surface area contributed by atoms with E-state index in [0.29, 0.717) is 0 Å². The first-order chi connectivity index (χ1) is 9.19. The zero-order valence-electron chi connectivity index (χ0n) is 11.7. The van der Waals surface area contributed by atoms with E-state index >= 15 is 0 Å². The molecular weight excluding hydrogens is 284 g/mol. The van der Waals surface area contributed by atoms with Crippen molar-refractivity contribution in [3.8, 4) is 0 Å². The number of hydrogen-bond acceptors (Lipinski definition) is 6. The third kappa shape index (κ3) is 8.00. The van der Waals surface area contributed by atoms with E-state index in [2.05, 4.69) is 4.18 Å². The first-order valence-electron chi connectivity index (χ1n) is 5.91. The summed E-state index contributed by atoms with van der Waals surface area (Å²) in [6.07, 6.45) is -1.19. The van der Waals surface area contributed by atoms with Crippen LogP contribution in [0, 0.1) is 6.92 Å². The number of benzene rings is 1. The van der Waals surface area contributed by atoms with E-state index in [0.717, 1.165) is 5.56 Å². The Bertz CT molecular complexity index is 502. The highest BCUT2D eigenvalue weighted by molar-refractivity contribution is 7.86. The Balaban J connectivity index is 0.000000796. The van der Waals surface area contributed by atoms with Gasteiger partial charge in [0.15, 0.2) is 0 Å². The van der Waals surface area contributed by atoms with Gasteiger partial charge in [-0.25, -0.2) is 0 Å². The summed E-state index contributed by atoms with van der Waals surface area (Å²) in [5.41, 5.74) is 0.939. The number of carbonyl (C=O) groups excluding carboxylic acids is 1. The molecule has 0 aliphatic heterocycles. The molecule has 6 nitrogen and oxygen atoms in total. The highest BCUT2D eigenvalue weighted by atomic mass is 32.2. The monoisotopic (exact) mass is 304 g/mol. The van der Waals surface area contributed by atoms with Gasteiger partial charge in [-0.1, -0.05) is 17.7 Å². The van der Waals surface area contributed by atoms with Gasteiger partial charge in [-0.3, -0.25) is 4.18 Å². The molecule has 0 heterocycles. The average Bonchev–Trinajstić information content (AvgIpc) is 2.36. The van der Waals surface area contributed by atoms with Crippen LogP contribution in [0.4, 0.5) is 0 Å². The fourth-order valence-electron chi connectivity index (χ4n) is 0.994. The number of aliphatic hydroxyl groups is 2. The Morgan fingerprint density at radius 2 is 1.70 bits per heavy atom. The molecule has 7 heteroatoms. The van der Waals surface area contributed by atoms with Crippen LogP contribution in [-0.4, -0.2) is 43.7 Å². The number of aliphatic hydroxyl groups excluding tert-OH is 2. The quantitative estimate of drug-likeness (QED) is 0.775. The van der Waals surface area contributed by atoms with Crippen LogP contribution in [-0.2, 0) is 19.1 Å². The molecule has 0 aliphatic carbocycles. The number of Topliss-reactive ketones (excluding diaryl/α,β-unsaturated/α-hetero) is 1. The van der Waals surface area contributed by atoms with Crippen molar-refractivity contribution in [3.63, 3.8) is 0 Å². The molecule has 0 fully saturated rings. The van der Waals surface area contributed by atoms with Crippen LogP contribution in [0.3, 0.4) is 0 Å². The lowest BCUT2D eigenvalue weighted by Gasteiger charge is -2.08. The highest BCUT2D eigenvalue weighted by Crippen LogP contribution is 2.13. The van der Waals surface area contributed by atoms with Crippen molar-refractivity contribution >= 4 is 15.9 Å². The van der Waals surface area contributed by atoms with E-state index < -0.39 is 29.4 Å². The summed E-state index contributed by atoms with van der Waals surface area (Å²) < 4.78 is 27.7. The van der Waals surface area contributed by atoms with E-state index in [4.69, 9.17) is 10.2 Å². The Morgan fingerprint density at radius 3 is 2.10 bits per heavy atom. The molecule has 0 bridgehead atoms. The Labute approximate surface area is 119 Å². The van der Waals surface area contributed by atoms with E-state index in [-0.39, 0.29) is 10.7 Å². The summed E-state index contributed by atoms with van der Waals surface area (Å²) in [5, 5.41) is 17.5. The smallest absolute Gasteiger partial charge is 0.297 e. The molecule has 0 saturated heterocycles. The lowest BCUT2D eigenvalue weighted by atomic mass is 10.2. The van der Waals surface area contributed by atoms with Gasteiger partial charge >= 0.3 is 0 Å². The largest absolute Gasteiger partial charge is 0.394 e. The first-order valence-corrected chi connectivity index (χ1v) is 7.32. The highest BCUT2D eigenvalue weighted by Gasteiger charge is 2.16. The minimum atomic E-state index is -3.85. The fraction of sp³-hybridized carbons (Fsp3) is 0.462. The topological polar surface area (TPSA) is 101 Å². The lowest BCUT2D eigenvalue weighted by molar-refractivity contribution is -0.114. The van der Waals surface area contributed by atoms with Gasteiger partial charge in [-0.15, -0.1) is 0 Å². The summed E-state index contributed by atoms with van der Waals surface area (Å²) in [4.78, 5) is 9.48. The molecule has 0 saturated carbocycles. The third-order valence-electron chi connectivity index (χ3n) is 1.94. The maximum atomic E-state index is 11.5. The SMILES string of the molecule is CC(C)=O.Cc1ccc(S(=O)(=O)OC[C@H](O)CO)cc1. The Hall–Kier alpha value is -1.28. The third-order valence-corrected chi connectivity index (χ3v) is 3.23. The van der Waals surface area contributed by atoms with Crippen molar-refractivity contribution in [2.24, 2.45) is 0 Å². The predicted octanol–water partition coefficient (Wildman–Crippen LogP) is 0.649. The van der Waals surface area contributed by atoms with Crippen LogP contribution in [0.15, 0.2) is 29.2 Å². The predicted molar refractivity (Wildman–Crippen MR) is 73.8 cm³/mol. The average molecular weight is 304 g/mol. The number of aryl methyl sites for hydroxylation is 1. The van der Waals surface area contributed by atoms with Gasteiger partial charge in [0.25, 0.3) is 10.1 Å². The van der Waals surface area contributed by atoms with Crippen LogP contribution in [0.2, 0.25) is 0 Å². The van der Waals surface area contributed by atoms with Gasteiger partial charge in [0.05, 0.1) is 18.1 Å². The summed E-state index contributed by atoms with van der Waals surface area (Å²) in [6.45, 7) is 3.91. The first kappa shape index (κ1) is 18.7. The van der Waals surface area contributed by atoms with Crippen LogP contribution >= 0.6 is 0 Å².